The van der Waals surface area contributed by atoms with Crippen LogP contribution >= 0.6 is 0 Å². The zero-order chi connectivity index (χ0) is 23.5. The second-order valence-corrected chi connectivity index (χ2v) is 6.13. The van der Waals surface area contributed by atoms with Crippen LogP contribution in [0.4, 0.5) is 0 Å². The number of carboxylic acids is 2. The standard InChI is InChI=1S/C8H6O4.C5H12O2.C3H8O3.C2H6O2/c9-7(10)5-1-2-6(4-3-5)8(11)12;1-5(2,3-6)4-7;4-1-3(6)2-5;3-1-2-4/h1-4H,(H,9,10)(H,11,12);6-7H,3-4H2,1-2H3;3-6H,1-2H2;3-4H,1-2H2. The minimum Gasteiger partial charge on any atom is -0.478 e. The molecule has 0 bridgehead atoms. The number of carbonyl (C=O) groups is 2. The Morgan fingerprint density at radius 1 is 0.759 bits per heavy atom. The average Bonchev–Trinajstić information content (AvgIpc) is 2.74. The zero-order valence-corrected chi connectivity index (χ0v) is 16.5. The van der Waals surface area contributed by atoms with Crippen molar-refractivity contribution in [1.82, 2.24) is 0 Å². The van der Waals surface area contributed by atoms with Gasteiger partial charge in [0.1, 0.15) is 6.10 Å². The second kappa shape index (κ2) is 19.2. The van der Waals surface area contributed by atoms with Crippen LogP contribution in [0.1, 0.15) is 34.6 Å². The fourth-order valence-electron chi connectivity index (χ4n) is 0.863. The molecule has 0 radical (unpaired) electrons. The molecule has 0 saturated heterocycles. The summed E-state index contributed by atoms with van der Waals surface area (Å²) in [5.41, 5.74) is -0.139. The van der Waals surface area contributed by atoms with Crippen LogP contribution < -0.4 is 0 Å². The Morgan fingerprint density at radius 3 is 1.10 bits per heavy atom. The van der Waals surface area contributed by atoms with E-state index < -0.39 is 18.0 Å². The maximum Gasteiger partial charge on any atom is 0.335 e. The number of benzene rings is 1. The first-order chi connectivity index (χ1) is 13.5. The number of aliphatic hydroxyl groups excluding tert-OH is 7. The van der Waals surface area contributed by atoms with Gasteiger partial charge in [0.2, 0.25) is 0 Å². The lowest BCUT2D eigenvalue weighted by Gasteiger charge is -2.16. The van der Waals surface area contributed by atoms with Gasteiger partial charge in [0, 0.05) is 5.41 Å². The molecule has 0 fully saturated rings. The third-order valence-corrected chi connectivity index (χ3v) is 2.76. The van der Waals surface area contributed by atoms with Crippen LogP contribution in [0.5, 0.6) is 0 Å². The van der Waals surface area contributed by atoms with E-state index in [1.54, 1.807) is 13.8 Å². The van der Waals surface area contributed by atoms with E-state index in [1.165, 1.54) is 24.3 Å². The number of aromatic carboxylic acids is 2. The van der Waals surface area contributed by atoms with Crippen LogP contribution in [0.25, 0.3) is 0 Å². The van der Waals surface area contributed by atoms with Crippen molar-refractivity contribution in [2.45, 2.75) is 20.0 Å². The maximum absolute atomic E-state index is 10.3. The van der Waals surface area contributed by atoms with Gasteiger partial charge in [-0.2, -0.15) is 0 Å². The van der Waals surface area contributed by atoms with Gasteiger partial charge in [0.05, 0.1) is 50.8 Å². The molecule has 0 spiro atoms. The monoisotopic (exact) mass is 424 g/mol. The third kappa shape index (κ3) is 20.4. The summed E-state index contributed by atoms with van der Waals surface area (Å²) in [6, 6.07) is 5.02. The van der Waals surface area contributed by atoms with Gasteiger partial charge in [0.25, 0.3) is 0 Å². The molecule has 0 aliphatic heterocycles. The Hall–Kier alpha value is -2.12. The molecular formula is C18H32O11. The average molecular weight is 424 g/mol. The lowest BCUT2D eigenvalue weighted by Crippen LogP contribution is -2.20. The van der Waals surface area contributed by atoms with Gasteiger partial charge in [-0.15, -0.1) is 0 Å². The smallest absolute Gasteiger partial charge is 0.335 e. The largest absolute Gasteiger partial charge is 0.478 e. The molecule has 0 saturated carbocycles. The molecule has 1 rings (SSSR count). The molecule has 9 N–H and O–H groups in total. The first-order valence-electron chi connectivity index (χ1n) is 8.36. The molecule has 1 aromatic rings. The van der Waals surface area contributed by atoms with E-state index in [2.05, 4.69) is 0 Å². The van der Waals surface area contributed by atoms with Gasteiger partial charge in [-0.05, 0) is 24.3 Å². The van der Waals surface area contributed by atoms with E-state index in [4.69, 9.17) is 46.0 Å². The number of carboxylic acid groups (broad SMARTS) is 2. The highest BCUT2D eigenvalue weighted by atomic mass is 16.4. The SMILES string of the molecule is CC(C)(CO)CO.O=C(O)c1ccc(C(=O)O)cc1.OCC(O)CO.OCCO. The van der Waals surface area contributed by atoms with E-state index in [9.17, 15) is 9.59 Å². The van der Waals surface area contributed by atoms with Gasteiger partial charge in [-0.3, -0.25) is 0 Å². The molecule has 0 amide bonds. The molecule has 11 heteroatoms. The summed E-state index contributed by atoms with van der Waals surface area (Å²) in [6.45, 7) is 2.71. The van der Waals surface area contributed by atoms with Crippen molar-refractivity contribution in [3.05, 3.63) is 35.4 Å². The molecule has 0 aliphatic rings. The van der Waals surface area contributed by atoms with Crippen LogP contribution in [0.15, 0.2) is 24.3 Å². The van der Waals surface area contributed by atoms with E-state index in [0.717, 1.165) is 0 Å². The zero-order valence-electron chi connectivity index (χ0n) is 16.5. The van der Waals surface area contributed by atoms with Crippen molar-refractivity contribution in [2.24, 2.45) is 5.41 Å². The molecule has 0 atom stereocenters. The van der Waals surface area contributed by atoms with Crippen molar-refractivity contribution >= 4 is 11.9 Å². The second-order valence-electron chi connectivity index (χ2n) is 6.13. The summed E-state index contributed by atoms with van der Waals surface area (Å²) >= 11 is 0. The highest BCUT2D eigenvalue weighted by Gasteiger charge is 2.13. The molecular weight excluding hydrogens is 392 g/mol. The summed E-state index contributed by atoms with van der Waals surface area (Å²) in [7, 11) is 0. The first-order valence-corrected chi connectivity index (χ1v) is 8.36. The van der Waals surface area contributed by atoms with Crippen LogP contribution in [0.2, 0.25) is 0 Å². The summed E-state index contributed by atoms with van der Waals surface area (Å²) in [5.74, 6) is -2.13. The molecule has 29 heavy (non-hydrogen) atoms. The van der Waals surface area contributed by atoms with Crippen LogP contribution in [-0.4, -0.2) is 104 Å². The minimum atomic E-state index is -1.06. The minimum absolute atomic E-state index is 0.0451. The van der Waals surface area contributed by atoms with Gasteiger partial charge in [0.15, 0.2) is 0 Å². The number of hydrogen-bond donors (Lipinski definition) is 9. The van der Waals surface area contributed by atoms with E-state index in [0.29, 0.717) is 0 Å². The van der Waals surface area contributed by atoms with E-state index in [1.807, 2.05) is 0 Å². The predicted molar refractivity (Wildman–Crippen MR) is 103 cm³/mol. The normalized spacial score (nSPS) is 9.86. The van der Waals surface area contributed by atoms with Crippen molar-refractivity contribution in [1.29, 1.82) is 0 Å². The summed E-state index contributed by atoms with van der Waals surface area (Å²) in [5, 5.41) is 73.1. The van der Waals surface area contributed by atoms with Gasteiger partial charge in [-0.25, -0.2) is 9.59 Å². The van der Waals surface area contributed by atoms with E-state index >= 15 is 0 Å². The fourth-order valence-corrected chi connectivity index (χ4v) is 0.863. The fraction of sp³-hybridized carbons (Fsp3) is 0.556. The molecule has 0 aliphatic carbocycles. The Kier molecular flexibility index (Phi) is 20.9. The molecule has 11 nitrogen and oxygen atoms in total. The highest BCUT2D eigenvalue weighted by molar-refractivity contribution is 5.91. The van der Waals surface area contributed by atoms with Crippen LogP contribution in [0.3, 0.4) is 0 Å². The summed E-state index contributed by atoms with van der Waals surface area (Å²) in [4.78, 5) is 20.7. The van der Waals surface area contributed by atoms with Gasteiger partial charge >= 0.3 is 11.9 Å². The quantitative estimate of drug-likeness (QED) is 0.242. The lowest BCUT2D eigenvalue weighted by atomic mass is 9.97. The van der Waals surface area contributed by atoms with Crippen molar-refractivity contribution in [3.8, 4) is 0 Å². The third-order valence-electron chi connectivity index (χ3n) is 2.76. The lowest BCUT2D eigenvalue weighted by molar-refractivity contribution is 0.0450. The summed E-state index contributed by atoms with van der Waals surface area (Å²) < 4.78 is 0. The Labute approximate surface area is 168 Å². The molecule has 170 valence electrons. The number of hydrogen-bond acceptors (Lipinski definition) is 9. The number of rotatable bonds is 7. The molecule has 0 heterocycles. The topological polar surface area (TPSA) is 216 Å². The molecule has 0 unspecified atom stereocenters. The first kappa shape index (κ1) is 31.6. The summed E-state index contributed by atoms with van der Waals surface area (Å²) in [6.07, 6.45) is -0.954. The van der Waals surface area contributed by atoms with Gasteiger partial charge in [-0.1, -0.05) is 13.8 Å². The van der Waals surface area contributed by atoms with Crippen LogP contribution in [-0.2, 0) is 0 Å². The van der Waals surface area contributed by atoms with Crippen molar-refractivity contribution in [3.63, 3.8) is 0 Å². The van der Waals surface area contributed by atoms with Gasteiger partial charge < -0.3 is 46.0 Å². The predicted octanol–water partition coefficient (Wildman–Crippen LogP) is -1.62. The molecule has 0 aromatic heterocycles. The Bertz CT molecular complexity index is 484. The Morgan fingerprint density at radius 2 is 1.03 bits per heavy atom. The van der Waals surface area contributed by atoms with Crippen molar-refractivity contribution < 1.29 is 55.5 Å². The number of aliphatic hydroxyl groups is 7. The van der Waals surface area contributed by atoms with Crippen LogP contribution in [0, 0.1) is 5.41 Å². The van der Waals surface area contributed by atoms with Crippen molar-refractivity contribution in [2.75, 3.05) is 39.6 Å². The molecule has 1 aromatic carbocycles. The Balaban J connectivity index is -0.000000342. The highest BCUT2D eigenvalue weighted by Crippen LogP contribution is 2.10. The van der Waals surface area contributed by atoms with E-state index in [-0.39, 0.29) is 56.2 Å². The maximum atomic E-state index is 10.3.